The van der Waals surface area contributed by atoms with E-state index in [0.717, 1.165) is 46.2 Å². The number of nitrogens with two attached hydrogens (primary N) is 1. The number of anilines is 1. The Labute approximate surface area is 340 Å². The van der Waals surface area contributed by atoms with Crippen LogP contribution in [-0.2, 0) is 25.7 Å². The Hall–Kier alpha value is -5.49. The van der Waals surface area contributed by atoms with Gasteiger partial charge in [-0.2, -0.15) is 0 Å². The molecule has 3 fully saturated rings. The van der Waals surface area contributed by atoms with Gasteiger partial charge in [-0.05, 0) is 66.6 Å². The summed E-state index contributed by atoms with van der Waals surface area (Å²) >= 11 is 5.21. The average Bonchev–Trinajstić information content (AvgIpc) is 3.72. The van der Waals surface area contributed by atoms with Crippen LogP contribution < -0.4 is 16.4 Å². The van der Waals surface area contributed by atoms with E-state index in [1.165, 1.54) is 4.90 Å². The van der Waals surface area contributed by atoms with Crippen LogP contribution in [0.2, 0.25) is 0 Å². The summed E-state index contributed by atoms with van der Waals surface area (Å²) in [7, 11) is 0. The van der Waals surface area contributed by atoms with Crippen molar-refractivity contribution in [3.8, 4) is 23.0 Å². The molecule has 3 aliphatic heterocycles. The summed E-state index contributed by atoms with van der Waals surface area (Å²) in [5.41, 5.74) is 12.1. The first-order valence-electron chi connectivity index (χ1n) is 19.7. The predicted molar refractivity (Wildman–Crippen MR) is 219 cm³/mol. The first-order chi connectivity index (χ1) is 27.9. The van der Waals surface area contributed by atoms with Crippen molar-refractivity contribution < 1.29 is 32.7 Å². The van der Waals surface area contributed by atoms with Crippen molar-refractivity contribution in [1.82, 2.24) is 19.7 Å². The zero-order valence-electron chi connectivity index (χ0n) is 31.9. The number of halogens is 2. The molecule has 8 rings (SSSR count). The zero-order valence-corrected chi connectivity index (χ0v) is 32.7. The number of benzene rings is 3. The number of ether oxygens (including phenoxy) is 1. The monoisotopic (exact) mass is 806 g/mol. The highest BCUT2D eigenvalue weighted by molar-refractivity contribution is 7.80. The van der Waals surface area contributed by atoms with Crippen LogP contribution >= 0.6 is 12.2 Å². The number of fused-ring (bicyclic) bond motifs is 2. The highest BCUT2D eigenvalue weighted by Gasteiger charge is 2.40. The summed E-state index contributed by atoms with van der Waals surface area (Å²) in [6.07, 6.45) is 3.32. The number of piperidine rings is 1. The van der Waals surface area contributed by atoms with Crippen LogP contribution in [0.5, 0.6) is 0 Å². The van der Waals surface area contributed by atoms with Crippen molar-refractivity contribution in [2.45, 2.75) is 69.5 Å². The van der Waals surface area contributed by atoms with Crippen molar-refractivity contribution >= 4 is 57.4 Å². The molecule has 14 heteroatoms. The standard InChI is InChI=1S/C44H44F2N6O5S/c45-44(46)15-13-32(14-16-44)51-25-36(29-5-1-6-30(21-29)41(47)58)33-10-9-31(22-38(33)51)48-40(54)20-27-23-50(24-27)17-19-57-18-3-7-28-4-2-8-34-35(28)26-52(43(34)56)37-11-12-39(53)49-42(37)55/h1-2,4-6,8-10,21-22,25,27,32,37H,11-20,23-24,26H2,(H2,47,58)(H,48,54)(H,49,53,55). The second-order valence-corrected chi connectivity index (χ2v) is 16.1. The number of carbonyl (C=O) groups is 4. The number of hydrogen-bond acceptors (Lipinski definition) is 7. The topological polar surface area (TPSA) is 139 Å². The maximum absolute atomic E-state index is 14.1. The highest BCUT2D eigenvalue weighted by Crippen LogP contribution is 2.42. The molecule has 3 aromatic carbocycles. The fraction of sp³-hybridized carbons (Fsp3) is 0.386. The van der Waals surface area contributed by atoms with E-state index in [0.29, 0.717) is 60.6 Å². The van der Waals surface area contributed by atoms with E-state index in [2.05, 4.69) is 31.9 Å². The van der Waals surface area contributed by atoms with E-state index in [1.54, 1.807) is 12.1 Å². The van der Waals surface area contributed by atoms with Crippen molar-refractivity contribution in [1.29, 1.82) is 0 Å². The second-order valence-electron chi connectivity index (χ2n) is 15.7. The molecule has 58 heavy (non-hydrogen) atoms. The number of imide groups is 1. The van der Waals surface area contributed by atoms with Gasteiger partial charge in [-0.3, -0.25) is 24.5 Å². The minimum absolute atomic E-state index is 0.0790. The molecule has 0 bridgehead atoms. The van der Waals surface area contributed by atoms with E-state index < -0.39 is 17.9 Å². The lowest BCUT2D eigenvalue weighted by molar-refractivity contribution is -0.137. The number of nitrogens with one attached hydrogen (secondary N) is 2. The van der Waals surface area contributed by atoms with Gasteiger partial charge >= 0.3 is 0 Å². The molecule has 1 aliphatic carbocycles. The third-order valence-corrected chi connectivity index (χ3v) is 11.9. The van der Waals surface area contributed by atoms with Crippen molar-refractivity contribution in [2.24, 2.45) is 11.7 Å². The van der Waals surface area contributed by atoms with Gasteiger partial charge in [-0.1, -0.05) is 54.4 Å². The molecular formula is C44H44F2N6O5S. The minimum atomic E-state index is -2.65. The molecular weight excluding hydrogens is 763 g/mol. The van der Waals surface area contributed by atoms with Crippen molar-refractivity contribution in [3.63, 3.8) is 0 Å². The van der Waals surface area contributed by atoms with Crippen LogP contribution in [0.25, 0.3) is 22.0 Å². The number of rotatable bonds is 11. The van der Waals surface area contributed by atoms with Crippen molar-refractivity contribution in [2.75, 3.05) is 38.2 Å². The summed E-state index contributed by atoms with van der Waals surface area (Å²) in [4.78, 5) is 54.3. The zero-order chi connectivity index (χ0) is 40.6. The molecule has 4 N–H and O–H groups in total. The Bertz CT molecular complexity index is 2370. The highest BCUT2D eigenvalue weighted by atomic mass is 32.1. The molecule has 4 heterocycles. The molecule has 11 nitrogen and oxygen atoms in total. The number of amides is 4. The van der Waals surface area contributed by atoms with Gasteiger partial charge in [0.25, 0.3) is 5.91 Å². The van der Waals surface area contributed by atoms with Crippen molar-refractivity contribution in [3.05, 3.63) is 89.1 Å². The molecule has 1 aromatic heterocycles. The van der Waals surface area contributed by atoms with E-state index >= 15 is 0 Å². The van der Waals surface area contributed by atoms with E-state index in [1.807, 2.05) is 54.7 Å². The maximum Gasteiger partial charge on any atom is 0.255 e. The lowest BCUT2D eigenvalue weighted by Gasteiger charge is -2.38. The number of nitrogens with zero attached hydrogens (tertiary/aromatic N) is 3. The molecule has 4 aromatic rings. The van der Waals surface area contributed by atoms with Crippen LogP contribution in [0.1, 0.15) is 78.0 Å². The number of thiocarbonyl (C=S) groups is 1. The van der Waals surface area contributed by atoms with Gasteiger partial charge in [-0.15, -0.1) is 0 Å². The average molecular weight is 807 g/mol. The SMILES string of the molecule is NC(=S)c1cccc(-c2cn(C3CCC(F)(F)CC3)c3cc(NC(=O)CC4CN(CCOCC#Cc5cccc6c5CN(C5CCC(=O)NC5=O)C6=O)C4)ccc23)c1. The fourth-order valence-electron chi connectivity index (χ4n) is 8.62. The molecule has 0 radical (unpaired) electrons. The molecule has 4 amide bonds. The second kappa shape index (κ2) is 16.4. The third-order valence-electron chi connectivity index (χ3n) is 11.7. The Balaban J connectivity index is 0.817. The summed E-state index contributed by atoms with van der Waals surface area (Å²) in [5, 5.41) is 6.35. The predicted octanol–water partition coefficient (Wildman–Crippen LogP) is 5.78. The van der Waals surface area contributed by atoms with Gasteiger partial charge in [0.15, 0.2) is 0 Å². The van der Waals surface area contributed by atoms with Crippen LogP contribution in [-0.4, -0.2) is 87.8 Å². The van der Waals surface area contributed by atoms with Gasteiger partial charge < -0.3 is 30.2 Å². The number of carbonyl (C=O) groups excluding carboxylic acids is 4. The van der Waals surface area contributed by atoms with Gasteiger partial charge in [-0.25, -0.2) is 8.78 Å². The Morgan fingerprint density at radius 2 is 1.81 bits per heavy atom. The van der Waals surface area contributed by atoms with E-state index in [4.69, 9.17) is 22.7 Å². The lowest BCUT2D eigenvalue weighted by atomic mass is 9.92. The molecule has 1 unspecified atom stereocenters. The molecule has 4 aliphatic rings. The van der Waals surface area contributed by atoms with E-state index in [9.17, 15) is 28.0 Å². The quantitative estimate of drug-likeness (QED) is 0.0751. The van der Waals surface area contributed by atoms with Gasteiger partial charge in [0.2, 0.25) is 23.6 Å². The maximum atomic E-state index is 14.1. The van der Waals surface area contributed by atoms with Gasteiger partial charge in [0, 0.05) is 97.4 Å². The fourth-order valence-corrected chi connectivity index (χ4v) is 8.74. The molecule has 2 saturated heterocycles. The Morgan fingerprint density at radius 3 is 2.59 bits per heavy atom. The number of hydrogen-bond donors (Lipinski definition) is 3. The summed E-state index contributed by atoms with van der Waals surface area (Å²) in [6, 6.07) is 18.1. The Kier molecular flexibility index (Phi) is 11.1. The van der Waals surface area contributed by atoms with Gasteiger partial charge in [0.1, 0.15) is 17.6 Å². The summed E-state index contributed by atoms with van der Waals surface area (Å²) in [6.45, 7) is 3.21. The number of likely N-dealkylation sites (tertiary alicyclic amines) is 1. The number of aromatic nitrogens is 1. The molecule has 0 spiro atoms. The third kappa shape index (κ3) is 8.39. The first-order valence-corrected chi connectivity index (χ1v) is 20.1. The largest absolute Gasteiger partial charge is 0.389 e. The summed E-state index contributed by atoms with van der Waals surface area (Å²) < 4.78 is 36.1. The normalized spacial score (nSPS) is 19.7. The van der Waals surface area contributed by atoms with Crippen LogP contribution in [0.4, 0.5) is 14.5 Å². The smallest absolute Gasteiger partial charge is 0.255 e. The molecule has 1 atom stereocenters. The molecule has 300 valence electrons. The first kappa shape index (κ1) is 39.3. The molecule has 1 saturated carbocycles. The van der Waals surface area contributed by atoms with E-state index in [-0.39, 0.29) is 62.1 Å². The van der Waals surface area contributed by atoms with Gasteiger partial charge in [0.05, 0.1) is 12.1 Å². The number of alkyl halides is 2. The van der Waals surface area contributed by atoms with Crippen LogP contribution in [0, 0.1) is 17.8 Å². The van der Waals surface area contributed by atoms with Crippen LogP contribution in [0.3, 0.4) is 0 Å². The van der Waals surface area contributed by atoms with Crippen LogP contribution in [0.15, 0.2) is 66.9 Å². The lowest BCUT2D eigenvalue weighted by Crippen LogP contribution is -2.52. The Morgan fingerprint density at radius 1 is 1.02 bits per heavy atom. The minimum Gasteiger partial charge on any atom is -0.389 e. The summed E-state index contributed by atoms with van der Waals surface area (Å²) in [5.74, 6) is 2.64.